The standard InChI is InChI=1S/C15H22N4/c1-5-14-13(9-19(4)18-14)15(17-16)12-8-10(2)6-7-11(12)3/h6-9,15,17H,5,16H2,1-4H3. The van der Waals surface area contributed by atoms with E-state index < -0.39 is 0 Å². The molecule has 2 aromatic rings. The first kappa shape index (κ1) is 13.8. The third-order valence-electron chi connectivity index (χ3n) is 3.50. The van der Waals surface area contributed by atoms with Gasteiger partial charge in [-0.1, -0.05) is 30.7 Å². The van der Waals surface area contributed by atoms with Crippen LogP contribution in [0, 0.1) is 13.8 Å². The number of hydrogen-bond acceptors (Lipinski definition) is 3. The van der Waals surface area contributed by atoms with Crippen molar-refractivity contribution >= 4 is 0 Å². The van der Waals surface area contributed by atoms with Crippen LogP contribution in [0.2, 0.25) is 0 Å². The smallest absolute Gasteiger partial charge is 0.0746 e. The molecule has 1 atom stereocenters. The van der Waals surface area contributed by atoms with Crippen LogP contribution in [0.25, 0.3) is 0 Å². The summed E-state index contributed by atoms with van der Waals surface area (Å²) in [6.07, 6.45) is 2.95. The van der Waals surface area contributed by atoms with Crippen LogP contribution in [0.15, 0.2) is 24.4 Å². The number of nitrogens with zero attached hydrogens (tertiary/aromatic N) is 2. The summed E-state index contributed by atoms with van der Waals surface area (Å²) >= 11 is 0. The molecular weight excluding hydrogens is 236 g/mol. The topological polar surface area (TPSA) is 55.9 Å². The van der Waals surface area contributed by atoms with Crippen LogP contribution < -0.4 is 11.3 Å². The highest BCUT2D eigenvalue weighted by atomic mass is 15.3. The average molecular weight is 258 g/mol. The van der Waals surface area contributed by atoms with Crippen LogP contribution in [0.1, 0.15) is 40.9 Å². The quantitative estimate of drug-likeness (QED) is 0.652. The maximum atomic E-state index is 5.80. The summed E-state index contributed by atoms with van der Waals surface area (Å²) < 4.78 is 1.85. The van der Waals surface area contributed by atoms with E-state index in [0.29, 0.717) is 0 Å². The van der Waals surface area contributed by atoms with Gasteiger partial charge in [0, 0.05) is 18.8 Å². The molecule has 0 aliphatic rings. The molecule has 4 heteroatoms. The lowest BCUT2D eigenvalue weighted by Gasteiger charge is -2.19. The minimum absolute atomic E-state index is 0.0106. The summed E-state index contributed by atoms with van der Waals surface area (Å²) in [6.45, 7) is 6.32. The maximum absolute atomic E-state index is 5.80. The van der Waals surface area contributed by atoms with Crippen molar-refractivity contribution in [2.24, 2.45) is 12.9 Å². The monoisotopic (exact) mass is 258 g/mol. The Morgan fingerprint density at radius 2 is 2.05 bits per heavy atom. The van der Waals surface area contributed by atoms with Gasteiger partial charge in [-0.15, -0.1) is 0 Å². The first-order chi connectivity index (χ1) is 9.06. The third kappa shape index (κ3) is 2.69. The van der Waals surface area contributed by atoms with Gasteiger partial charge in [0.05, 0.1) is 11.7 Å². The van der Waals surface area contributed by atoms with E-state index in [0.717, 1.165) is 17.7 Å². The number of rotatable bonds is 4. The summed E-state index contributed by atoms with van der Waals surface area (Å²) in [5, 5.41) is 4.50. The second-order valence-corrected chi connectivity index (χ2v) is 5.02. The van der Waals surface area contributed by atoms with Crippen LogP contribution in [-0.2, 0) is 13.5 Å². The van der Waals surface area contributed by atoms with E-state index in [1.165, 1.54) is 16.7 Å². The molecule has 1 aromatic carbocycles. The summed E-state index contributed by atoms with van der Waals surface area (Å²) in [7, 11) is 1.94. The average Bonchev–Trinajstić information content (AvgIpc) is 2.76. The number of aromatic nitrogens is 2. The minimum atomic E-state index is -0.0106. The Labute approximate surface area is 114 Å². The van der Waals surface area contributed by atoms with Crippen LogP contribution >= 0.6 is 0 Å². The number of benzene rings is 1. The van der Waals surface area contributed by atoms with Gasteiger partial charge >= 0.3 is 0 Å². The van der Waals surface area contributed by atoms with Gasteiger partial charge in [0.1, 0.15) is 0 Å². The molecule has 102 valence electrons. The highest BCUT2D eigenvalue weighted by Gasteiger charge is 2.20. The molecule has 1 aromatic heterocycles. The zero-order valence-electron chi connectivity index (χ0n) is 12.1. The third-order valence-corrected chi connectivity index (χ3v) is 3.50. The number of hydrazine groups is 1. The van der Waals surface area contributed by atoms with E-state index in [1.807, 2.05) is 17.9 Å². The molecular formula is C15H22N4. The molecule has 4 nitrogen and oxygen atoms in total. The number of aryl methyl sites for hydroxylation is 4. The van der Waals surface area contributed by atoms with Gasteiger partial charge in [-0.25, -0.2) is 5.43 Å². The molecule has 0 aliphatic carbocycles. The fourth-order valence-electron chi connectivity index (χ4n) is 2.49. The van der Waals surface area contributed by atoms with Gasteiger partial charge in [0.15, 0.2) is 0 Å². The Morgan fingerprint density at radius 1 is 1.32 bits per heavy atom. The van der Waals surface area contributed by atoms with Gasteiger partial charge in [0.2, 0.25) is 0 Å². The van der Waals surface area contributed by atoms with Crippen LogP contribution in [0.3, 0.4) is 0 Å². The molecule has 1 unspecified atom stereocenters. The van der Waals surface area contributed by atoms with E-state index in [-0.39, 0.29) is 6.04 Å². The Kier molecular flexibility index (Phi) is 4.02. The van der Waals surface area contributed by atoms with Gasteiger partial charge in [-0.3, -0.25) is 10.5 Å². The molecule has 0 amide bonds. The summed E-state index contributed by atoms with van der Waals surface area (Å²) in [4.78, 5) is 0. The van der Waals surface area contributed by atoms with Crippen molar-refractivity contribution in [1.29, 1.82) is 0 Å². The van der Waals surface area contributed by atoms with E-state index in [2.05, 4.69) is 49.5 Å². The van der Waals surface area contributed by atoms with Crippen molar-refractivity contribution in [3.63, 3.8) is 0 Å². The molecule has 0 spiro atoms. The lowest BCUT2D eigenvalue weighted by molar-refractivity contribution is 0.627. The molecule has 3 N–H and O–H groups in total. The second kappa shape index (κ2) is 5.55. The largest absolute Gasteiger partial charge is 0.275 e. The first-order valence-corrected chi connectivity index (χ1v) is 6.62. The van der Waals surface area contributed by atoms with Crippen LogP contribution in [0.4, 0.5) is 0 Å². The normalized spacial score (nSPS) is 12.7. The maximum Gasteiger partial charge on any atom is 0.0746 e. The van der Waals surface area contributed by atoms with Crippen molar-refractivity contribution in [2.75, 3.05) is 0 Å². The van der Waals surface area contributed by atoms with Gasteiger partial charge < -0.3 is 0 Å². The molecule has 0 bridgehead atoms. The molecule has 2 rings (SSSR count). The fraction of sp³-hybridized carbons (Fsp3) is 0.400. The summed E-state index contributed by atoms with van der Waals surface area (Å²) in [5.41, 5.74) is 8.87. The number of nitrogens with one attached hydrogen (secondary N) is 1. The van der Waals surface area contributed by atoms with Gasteiger partial charge in [-0.2, -0.15) is 5.10 Å². The van der Waals surface area contributed by atoms with Crippen molar-refractivity contribution in [2.45, 2.75) is 33.2 Å². The molecule has 0 fully saturated rings. The molecule has 1 heterocycles. The fourth-order valence-corrected chi connectivity index (χ4v) is 2.49. The Balaban J connectivity index is 2.52. The predicted octanol–water partition coefficient (Wildman–Crippen LogP) is 2.15. The van der Waals surface area contributed by atoms with Crippen molar-refractivity contribution in [3.8, 4) is 0 Å². The SMILES string of the molecule is CCc1nn(C)cc1C(NN)c1cc(C)ccc1C. The van der Waals surface area contributed by atoms with Crippen molar-refractivity contribution < 1.29 is 0 Å². The first-order valence-electron chi connectivity index (χ1n) is 6.62. The van der Waals surface area contributed by atoms with E-state index in [9.17, 15) is 0 Å². The number of hydrogen-bond donors (Lipinski definition) is 2. The second-order valence-electron chi connectivity index (χ2n) is 5.02. The van der Waals surface area contributed by atoms with E-state index in [4.69, 9.17) is 5.84 Å². The van der Waals surface area contributed by atoms with Crippen LogP contribution in [0.5, 0.6) is 0 Å². The van der Waals surface area contributed by atoms with Crippen LogP contribution in [-0.4, -0.2) is 9.78 Å². The van der Waals surface area contributed by atoms with Crippen molar-refractivity contribution in [1.82, 2.24) is 15.2 Å². The zero-order chi connectivity index (χ0) is 14.0. The van der Waals surface area contributed by atoms with E-state index in [1.54, 1.807) is 0 Å². The number of nitrogens with two attached hydrogens (primary N) is 1. The molecule has 19 heavy (non-hydrogen) atoms. The minimum Gasteiger partial charge on any atom is -0.275 e. The Morgan fingerprint density at radius 3 is 2.68 bits per heavy atom. The van der Waals surface area contributed by atoms with Crippen molar-refractivity contribution in [3.05, 3.63) is 52.3 Å². The molecule has 0 radical (unpaired) electrons. The van der Waals surface area contributed by atoms with Gasteiger partial charge in [0.25, 0.3) is 0 Å². The highest BCUT2D eigenvalue weighted by molar-refractivity contribution is 5.39. The molecule has 0 saturated heterocycles. The summed E-state index contributed by atoms with van der Waals surface area (Å²) in [5.74, 6) is 5.80. The molecule has 0 saturated carbocycles. The Hall–Kier alpha value is -1.65. The highest BCUT2D eigenvalue weighted by Crippen LogP contribution is 2.27. The summed E-state index contributed by atoms with van der Waals surface area (Å²) in [6, 6.07) is 6.43. The van der Waals surface area contributed by atoms with E-state index >= 15 is 0 Å². The van der Waals surface area contributed by atoms with Gasteiger partial charge in [-0.05, 0) is 31.4 Å². The Bertz CT molecular complexity index is 572. The lowest BCUT2D eigenvalue weighted by atomic mass is 9.94. The predicted molar refractivity (Wildman–Crippen MR) is 77.7 cm³/mol. The molecule has 0 aliphatic heterocycles. The lowest BCUT2D eigenvalue weighted by Crippen LogP contribution is -2.30. The zero-order valence-corrected chi connectivity index (χ0v) is 12.1.